The van der Waals surface area contributed by atoms with Crippen LogP contribution in [0.15, 0.2) is 59.3 Å². The lowest BCUT2D eigenvalue weighted by molar-refractivity contribution is 0.881. The van der Waals surface area contributed by atoms with Crippen molar-refractivity contribution in [3.05, 3.63) is 69.4 Å². The van der Waals surface area contributed by atoms with E-state index in [0.717, 1.165) is 21.3 Å². The molecule has 20 heavy (non-hydrogen) atoms. The number of hydrogen-bond donors (Lipinski definition) is 0. The van der Waals surface area contributed by atoms with Crippen molar-refractivity contribution in [3.63, 3.8) is 0 Å². The maximum atomic E-state index is 6.19. The molecule has 0 radical (unpaired) electrons. The summed E-state index contributed by atoms with van der Waals surface area (Å²) in [5.74, 6) is 0. The molecule has 3 aromatic rings. The molecular formula is C15H9BrCl2N2. The van der Waals surface area contributed by atoms with E-state index in [2.05, 4.69) is 21.0 Å². The van der Waals surface area contributed by atoms with Gasteiger partial charge in [0.25, 0.3) is 0 Å². The average molecular weight is 368 g/mol. The van der Waals surface area contributed by atoms with Crippen LogP contribution in [0.25, 0.3) is 16.8 Å². The summed E-state index contributed by atoms with van der Waals surface area (Å²) in [5.41, 5.74) is 2.92. The summed E-state index contributed by atoms with van der Waals surface area (Å²) in [6.07, 6.45) is 3.75. The van der Waals surface area contributed by atoms with Crippen LogP contribution in [0.5, 0.6) is 0 Å². The van der Waals surface area contributed by atoms with Crippen molar-refractivity contribution >= 4 is 39.1 Å². The minimum atomic E-state index is 0.571. The molecule has 0 fully saturated rings. The van der Waals surface area contributed by atoms with Crippen molar-refractivity contribution < 1.29 is 0 Å². The van der Waals surface area contributed by atoms with E-state index < -0.39 is 0 Å². The quantitative estimate of drug-likeness (QED) is 0.575. The smallest absolute Gasteiger partial charge is 0.0833 e. The van der Waals surface area contributed by atoms with E-state index in [1.807, 2.05) is 42.7 Å². The predicted molar refractivity (Wildman–Crippen MR) is 86.7 cm³/mol. The monoisotopic (exact) mass is 366 g/mol. The van der Waals surface area contributed by atoms with Crippen LogP contribution < -0.4 is 0 Å². The fourth-order valence-corrected chi connectivity index (χ4v) is 2.83. The lowest BCUT2D eigenvalue weighted by Crippen LogP contribution is -1.94. The van der Waals surface area contributed by atoms with Crippen molar-refractivity contribution in [1.29, 1.82) is 0 Å². The van der Waals surface area contributed by atoms with Gasteiger partial charge >= 0.3 is 0 Å². The molecule has 0 atom stereocenters. The van der Waals surface area contributed by atoms with E-state index in [4.69, 9.17) is 23.2 Å². The van der Waals surface area contributed by atoms with Gasteiger partial charge in [0.2, 0.25) is 0 Å². The Balaban J connectivity index is 2.02. The Labute approximate surface area is 135 Å². The van der Waals surface area contributed by atoms with E-state index in [1.165, 1.54) is 0 Å². The topological polar surface area (TPSA) is 17.8 Å². The van der Waals surface area contributed by atoms with Gasteiger partial charge in [0.05, 0.1) is 16.9 Å². The van der Waals surface area contributed by atoms with Gasteiger partial charge in [-0.25, -0.2) is 4.68 Å². The standard InChI is InChI=1S/C15H9BrCl2N2/c16-12-3-1-2-10(6-12)11-8-19-20(9-11)15-5-4-13(17)7-14(15)18/h1-9H. The van der Waals surface area contributed by atoms with Crippen LogP contribution in [-0.4, -0.2) is 9.78 Å². The number of aromatic nitrogens is 2. The Kier molecular flexibility index (Phi) is 3.83. The molecule has 0 amide bonds. The molecule has 1 heterocycles. The molecule has 2 nitrogen and oxygen atoms in total. The van der Waals surface area contributed by atoms with Crippen LogP contribution in [0.2, 0.25) is 10.0 Å². The Bertz CT molecular complexity index is 768. The molecule has 0 spiro atoms. The molecule has 100 valence electrons. The van der Waals surface area contributed by atoms with Gasteiger partial charge in [-0.05, 0) is 35.9 Å². The summed E-state index contributed by atoms with van der Waals surface area (Å²) >= 11 is 15.6. The van der Waals surface area contributed by atoms with Gasteiger partial charge in [-0.2, -0.15) is 5.10 Å². The molecule has 0 aliphatic rings. The van der Waals surface area contributed by atoms with Gasteiger partial charge in [0, 0.05) is 21.3 Å². The van der Waals surface area contributed by atoms with E-state index in [-0.39, 0.29) is 0 Å². The summed E-state index contributed by atoms with van der Waals surface area (Å²) in [4.78, 5) is 0. The zero-order valence-corrected chi connectivity index (χ0v) is 13.3. The van der Waals surface area contributed by atoms with Crippen LogP contribution in [0, 0.1) is 0 Å². The van der Waals surface area contributed by atoms with Crippen LogP contribution >= 0.6 is 39.1 Å². The molecule has 0 unspecified atom stereocenters. The molecular weight excluding hydrogens is 359 g/mol. The molecule has 0 N–H and O–H groups in total. The Morgan fingerprint density at radius 2 is 1.85 bits per heavy atom. The minimum Gasteiger partial charge on any atom is -0.239 e. The molecule has 0 saturated heterocycles. The first-order valence-corrected chi connectivity index (χ1v) is 7.44. The number of nitrogens with zero attached hydrogens (tertiary/aromatic N) is 2. The lowest BCUT2D eigenvalue weighted by Gasteiger charge is -2.04. The third-order valence-corrected chi connectivity index (χ3v) is 3.93. The highest BCUT2D eigenvalue weighted by atomic mass is 79.9. The fourth-order valence-electron chi connectivity index (χ4n) is 1.94. The predicted octanol–water partition coefficient (Wildman–Crippen LogP) is 5.61. The summed E-state index contributed by atoms with van der Waals surface area (Å²) in [7, 11) is 0. The van der Waals surface area contributed by atoms with Gasteiger partial charge in [-0.15, -0.1) is 0 Å². The van der Waals surface area contributed by atoms with Crippen LogP contribution in [0.3, 0.4) is 0 Å². The molecule has 3 rings (SSSR count). The zero-order valence-electron chi connectivity index (χ0n) is 10.2. The highest BCUT2D eigenvalue weighted by Crippen LogP contribution is 2.27. The second-order valence-electron chi connectivity index (χ2n) is 4.28. The first-order chi connectivity index (χ1) is 9.63. The highest BCUT2D eigenvalue weighted by molar-refractivity contribution is 9.10. The van der Waals surface area contributed by atoms with Gasteiger partial charge in [-0.3, -0.25) is 0 Å². The molecule has 0 saturated carbocycles. The second-order valence-corrected chi connectivity index (χ2v) is 6.04. The lowest BCUT2D eigenvalue weighted by atomic mass is 10.1. The Hall–Kier alpha value is -1.29. The van der Waals surface area contributed by atoms with E-state index in [1.54, 1.807) is 16.8 Å². The first kappa shape index (κ1) is 13.7. The van der Waals surface area contributed by atoms with Crippen LogP contribution in [0.1, 0.15) is 0 Å². The normalized spacial score (nSPS) is 10.8. The van der Waals surface area contributed by atoms with E-state index in [9.17, 15) is 0 Å². The van der Waals surface area contributed by atoms with E-state index >= 15 is 0 Å². The van der Waals surface area contributed by atoms with Crippen molar-refractivity contribution in [2.75, 3.05) is 0 Å². The summed E-state index contributed by atoms with van der Waals surface area (Å²) < 4.78 is 2.78. The van der Waals surface area contributed by atoms with E-state index in [0.29, 0.717) is 10.0 Å². The van der Waals surface area contributed by atoms with Crippen LogP contribution in [-0.2, 0) is 0 Å². The fraction of sp³-hybridized carbons (Fsp3) is 0. The van der Waals surface area contributed by atoms with Gasteiger partial charge in [0.1, 0.15) is 0 Å². The minimum absolute atomic E-state index is 0.571. The number of rotatable bonds is 2. The third kappa shape index (κ3) is 2.75. The molecule has 0 bridgehead atoms. The molecule has 0 aliphatic heterocycles. The van der Waals surface area contributed by atoms with Crippen molar-refractivity contribution in [3.8, 4) is 16.8 Å². The van der Waals surface area contributed by atoms with Gasteiger partial charge < -0.3 is 0 Å². The second kappa shape index (κ2) is 5.60. The Morgan fingerprint density at radius 1 is 1.00 bits per heavy atom. The summed E-state index contributed by atoms with van der Waals surface area (Å²) in [6.45, 7) is 0. The molecule has 1 aromatic heterocycles. The van der Waals surface area contributed by atoms with Crippen molar-refractivity contribution in [1.82, 2.24) is 9.78 Å². The zero-order chi connectivity index (χ0) is 14.1. The maximum absolute atomic E-state index is 6.19. The third-order valence-electron chi connectivity index (χ3n) is 2.90. The number of benzene rings is 2. The molecule has 5 heteroatoms. The Morgan fingerprint density at radius 3 is 2.60 bits per heavy atom. The van der Waals surface area contributed by atoms with Gasteiger partial charge in [-0.1, -0.05) is 51.3 Å². The number of halogens is 3. The molecule has 0 aliphatic carbocycles. The summed E-state index contributed by atoms with van der Waals surface area (Å²) in [5, 5.41) is 5.54. The van der Waals surface area contributed by atoms with Crippen molar-refractivity contribution in [2.45, 2.75) is 0 Å². The SMILES string of the molecule is Clc1ccc(-n2cc(-c3cccc(Br)c3)cn2)c(Cl)c1. The summed E-state index contributed by atoms with van der Waals surface area (Å²) in [6, 6.07) is 13.4. The number of hydrogen-bond acceptors (Lipinski definition) is 1. The van der Waals surface area contributed by atoms with Gasteiger partial charge in [0.15, 0.2) is 0 Å². The maximum Gasteiger partial charge on any atom is 0.0833 e. The van der Waals surface area contributed by atoms with Crippen LogP contribution in [0.4, 0.5) is 0 Å². The highest BCUT2D eigenvalue weighted by Gasteiger charge is 2.07. The molecule has 2 aromatic carbocycles. The first-order valence-electron chi connectivity index (χ1n) is 5.89. The van der Waals surface area contributed by atoms with Crippen molar-refractivity contribution in [2.24, 2.45) is 0 Å². The average Bonchev–Trinajstić information content (AvgIpc) is 2.88. The largest absolute Gasteiger partial charge is 0.239 e.